The molecule has 13 heteroatoms. The van der Waals surface area contributed by atoms with E-state index in [2.05, 4.69) is 5.32 Å². The number of rotatable bonds is 13. The van der Waals surface area contributed by atoms with E-state index in [1.165, 1.54) is 4.90 Å². The van der Waals surface area contributed by atoms with Gasteiger partial charge < -0.3 is 20.9 Å². The molecule has 0 fully saturated rings. The predicted octanol–water partition coefficient (Wildman–Crippen LogP) is 0.562. The Kier molecular flexibility index (Phi) is 11.4. The van der Waals surface area contributed by atoms with E-state index in [1.807, 2.05) is 0 Å². The van der Waals surface area contributed by atoms with Crippen molar-refractivity contribution >= 4 is 18.2 Å². The van der Waals surface area contributed by atoms with Crippen molar-refractivity contribution < 1.29 is 40.7 Å². The van der Waals surface area contributed by atoms with Crippen LogP contribution >= 0.6 is 0 Å². The van der Waals surface area contributed by atoms with Crippen LogP contribution in [0.4, 0.5) is 26.3 Å². The number of hydrogen-bond donors (Lipinski definition) is 3. The molecule has 0 aromatic carbocycles. The summed E-state index contributed by atoms with van der Waals surface area (Å²) in [5.74, 6) is -4.02. The highest BCUT2D eigenvalue weighted by atomic mass is 19.4. The molecule has 27 heavy (non-hydrogen) atoms. The van der Waals surface area contributed by atoms with Gasteiger partial charge in [-0.2, -0.15) is 26.3 Å². The lowest BCUT2D eigenvalue weighted by atomic mass is 10.3. The fourth-order valence-corrected chi connectivity index (χ4v) is 1.85. The molecule has 0 rings (SSSR count). The Bertz CT molecular complexity index is 471. The number of nitrogens with one attached hydrogen (secondary N) is 3. The van der Waals surface area contributed by atoms with Crippen LogP contribution < -0.4 is 16.0 Å². The van der Waals surface area contributed by atoms with Crippen molar-refractivity contribution in [1.29, 1.82) is 0 Å². The Morgan fingerprint density at radius 1 is 0.741 bits per heavy atom. The molecule has 0 saturated heterocycles. The molecule has 0 bridgehead atoms. The van der Waals surface area contributed by atoms with Gasteiger partial charge in [-0.05, 0) is 32.4 Å². The maximum Gasteiger partial charge on any atom is 0.471 e. The molecule has 0 radical (unpaired) electrons. The average Bonchev–Trinajstić information content (AvgIpc) is 2.56. The highest BCUT2D eigenvalue weighted by molar-refractivity contribution is 5.81. The van der Waals surface area contributed by atoms with Crippen molar-refractivity contribution in [2.75, 3.05) is 39.3 Å². The van der Waals surface area contributed by atoms with Crippen molar-refractivity contribution in [3.63, 3.8) is 0 Å². The van der Waals surface area contributed by atoms with Gasteiger partial charge in [-0.15, -0.1) is 0 Å². The van der Waals surface area contributed by atoms with Crippen LogP contribution in [0.3, 0.4) is 0 Å². The summed E-state index contributed by atoms with van der Waals surface area (Å²) in [7, 11) is 0. The van der Waals surface area contributed by atoms with Crippen LogP contribution in [0.5, 0.6) is 0 Å². The summed E-state index contributed by atoms with van der Waals surface area (Å²) < 4.78 is 71.6. The Labute approximate surface area is 151 Å². The molecule has 0 unspecified atom stereocenters. The Balaban J connectivity index is 3.65. The van der Waals surface area contributed by atoms with Gasteiger partial charge in [-0.25, -0.2) is 0 Å². The zero-order valence-electron chi connectivity index (χ0n) is 14.4. The van der Waals surface area contributed by atoms with Gasteiger partial charge in [-0.1, -0.05) is 0 Å². The van der Waals surface area contributed by atoms with Crippen molar-refractivity contribution in [2.24, 2.45) is 0 Å². The fraction of sp³-hybridized carbons (Fsp3) is 0.786. The molecule has 0 aliphatic carbocycles. The monoisotopic (exact) mass is 408 g/mol. The Hall–Kier alpha value is -2.05. The molecule has 3 amide bonds. The Morgan fingerprint density at radius 2 is 1.15 bits per heavy atom. The van der Waals surface area contributed by atoms with Crippen LogP contribution in [0.15, 0.2) is 0 Å². The molecule has 158 valence electrons. The standard InChI is InChI=1S/C14H22F6N4O3/c15-13(16,17)11(26)22-6-1-4-21-5-2-8-24(10-25)9-3-7-23-12(27)14(18,19)20/h10,21H,1-9H2,(H,22,26)(H,23,27). The number of nitrogens with zero attached hydrogens (tertiary/aromatic N) is 1. The van der Waals surface area contributed by atoms with E-state index in [0.717, 1.165) is 0 Å². The molecular weight excluding hydrogens is 386 g/mol. The van der Waals surface area contributed by atoms with Gasteiger partial charge in [0.25, 0.3) is 0 Å². The smallest absolute Gasteiger partial charge is 0.348 e. The quantitative estimate of drug-likeness (QED) is 0.236. The fourth-order valence-electron chi connectivity index (χ4n) is 1.85. The van der Waals surface area contributed by atoms with Gasteiger partial charge in [0.15, 0.2) is 0 Å². The largest absolute Gasteiger partial charge is 0.471 e. The molecule has 7 nitrogen and oxygen atoms in total. The first-order valence-corrected chi connectivity index (χ1v) is 8.08. The summed E-state index contributed by atoms with van der Waals surface area (Å²) in [6.45, 7) is 0.977. The number of alkyl halides is 6. The van der Waals surface area contributed by atoms with Gasteiger partial charge in [0, 0.05) is 26.2 Å². The van der Waals surface area contributed by atoms with E-state index < -0.39 is 24.2 Å². The maximum absolute atomic E-state index is 12.0. The lowest BCUT2D eigenvalue weighted by Crippen LogP contribution is -2.38. The van der Waals surface area contributed by atoms with E-state index in [0.29, 0.717) is 32.5 Å². The second kappa shape index (κ2) is 12.4. The van der Waals surface area contributed by atoms with Crippen LogP contribution in [0.25, 0.3) is 0 Å². The molecule has 0 heterocycles. The van der Waals surface area contributed by atoms with Crippen molar-refractivity contribution in [1.82, 2.24) is 20.9 Å². The number of hydrogen-bond acceptors (Lipinski definition) is 4. The van der Waals surface area contributed by atoms with Gasteiger partial charge in [-0.3, -0.25) is 14.4 Å². The molecule has 0 aromatic rings. The minimum atomic E-state index is -4.94. The molecule has 3 N–H and O–H groups in total. The first kappa shape index (κ1) is 24.9. The van der Waals surface area contributed by atoms with Gasteiger partial charge in [0.1, 0.15) is 0 Å². The molecule has 0 aliphatic heterocycles. The Morgan fingerprint density at radius 3 is 1.59 bits per heavy atom. The van der Waals surface area contributed by atoms with Gasteiger partial charge in [0.2, 0.25) is 6.41 Å². The van der Waals surface area contributed by atoms with Crippen molar-refractivity contribution in [3.8, 4) is 0 Å². The van der Waals surface area contributed by atoms with E-state index in [-0.39, 0.29) is 32.5 Å². The highest BCUT2D eigenvalue weighted by Gasteiger charge is 2.38. The van der Waals surface area contributed by atoms with Crippen molar-refractivity contribution in [3.05, 3.63) is 0 Å². The summed E-state index contributed by atoms with van der Waals surface area (Å²) in [6, 6.07) is 0. The minimum Gasteiger partial charge on any atom is -0.348 e. The van der Waals surface area contributed by atoms with Crippen LogP contribution in [0, 0.1) is 0 Å². The highest BCUT2D eigenvalue weighted by Crippen LogP contribution is 2.14. The lowest BCUT2D eigenvalue weighted by Gasteiger charge is -2.17. The van der Waals surface area contributed by atoms with E-state index in [1.54, 1.807) is 10.6 Å². The number of amides is 3. The van der Waals surface area contributed by atoms with Gasteiger partial charge in [0.05, 0.1) is 0 Å². The third-order valence-electron chi connectivity index (χ3n) is 3.19. The molecule has 0 atom stereocenters. The minimum absolute atomic E-state index is 0.130. The summed E-state index contributed by atoms with van der Waals surface area (Å²) in [4.78, 5) is 33.3. The second-order valence-corrected chi connectivity index (χ2v) is 5.46. The van der Waals surface area contributed by atoms with Crippen LogP contribution in [0.2, 0.25) is 0 Å². The van der Waals surface area contributed by atoms with Gasteiger partial charge >= 0.3 is 24.2 Å². The molecule has 0 spiro atoms. The van der Waals surface area contributed by atoms with Crippen LogP contribution in [-0.4, -0.2) is 74.7 Å². The number of carbonyl (C=O) groups excluding carboxylic acids is 3. The summed E-state index contributed by atoms with van der Waals surface area (Å²) >= 11 is 0. The van der Waals surface area contributed by atoms with E-state index in [4.69, 9.17) is 0 Å². The van der Waals surface area contributed by atoms with Crippen molar-refractivity contribution in [2.45, 2.75) is 31.6 Å². The maximum atomic E-state index is 12.0. The zero-order valence-corrected chi connectivity index (χ0v) is 14.4. The molecule has 0 aromatic heterocycles. The summed E-state index contributed by atoms with van der Waals surface area (Å²) in [6.07, 6.45) is -8.33. The second-order valence-electron chi connectivity index (χ2n) is 5.46. The third-order valence-corrected chi connectivity index (χ3v) is 3.19. The topological polar surface area (TPSA) is 90.5 Å². The number of carbonyl (C=O) groups is 3. The molecule has 0 saturated carbocycles. The normalized spacial score (nSPS) is 11.8. The average molecular weight is 408 g/mol. The first-order valence-electron chi connectivity index (χ1n) is 8.08. The summed E-state index contributed by atoms with van der Waals surface area (Å²) in [5.41, 5.74) is 0. The first-order chi connectivity index (χ1) is 12.5. The zero-order chi connectivity index (χ0) is 20.9. The number of halogens is 6. The molecular formula is C14H22F6N4O3. The lowest BCUT2D eigenvalue weighted by molar-refractivity contribution is -0.173. The molecule has 0 aliphatic rings. The van der Waals surface area contributed by atoms with E-state index in [9.17, 15) is 40.7 Å². The predicted molar refractivity (Wildman–Crippen MR) is 82.5 cm³/mol. The van der Waals surface area contributed by atoms with E-state index >= 15 is 0 Å². The third kappa shape index (κ3) is 12.9. The SMILES string of the molecule is O=CN(CCCNCCCNC(=O)C(F)(F)F)CCCNC(=O)C(F)(F)F. The van der Waals surface area contributed by atoms with Crippen LogP contribution in [-0.2, 0) is 14.4 Å². The summed E-state index contributed by atoms with van der Waals surface area (Å²) in [5, 5.41) is 6.34. The van der Waals surface area contributed by atoms with Crippen LogP contribution in [0.1, 0.15) is 19.3 Å².